The Morgan fingerprint density at radius 2 is 2.30 bits per heavy atom. The Labute approximate surface area is 55.6 Å². The molecule has 0 radical (unpaired) electrons. The van der Waals surface area contributed by atoms with Gasteiger partial charge in [0.25, 0.3) is 6.08 Å². The van der Waals surface area contributed by atoms with E-state index in [4.69, 9.17) is 0 Å². The molecule has 0 saturated carbocycles. The Hall–Kier alpha value is -1.17. The molecule has 0 aromatic heterocycles. The minimum Gasteiger partial charge on any atom is -0.444 e. The van der Waals surface area contributed by atoms with Gasteiger partial charge >= 0.3 is 6.09 Å². The van der Waals surface area contributed by atoms with E-state index in [9.17, 15) is 13.6 Å². The molecular formula is C4H6F2N2O2. The highest BCUT2D eigenvalue weighted by Crippen LogP contribution is 1.94. The predicted octanol–water partition coefficient (Wildman–Crippen LogP) is 0.367. The number of ether oxygens (including phenoxy) is 1. The number of halogens is 2. The zero-order valence-corrected chi connectivity index (χ0v) is 4.93. The Kier molecular flexibility index (Phi) is 4.14. The van der Waals surface area contributed by atoms with Crippen LogP contribution in [0.4, 0.5) is 13.6 Å². The molecule has 3 N–H and O–H groups in total. The topological polar surface area (TPSA) is 64.3 Å². The molecule has 0 aromatic rings. The van der Waals surface area contributed by atoms with Crippen LogP contribution >= 0.6 is 0 Å². The van der Waals surface area contributed by atoms with Crippen molar-refractivity contribution in [1.29, 1.82) is 0 Å². The van der Waals surface area contributed by atoms with Crippen LogP contribution in [0.2, 0.25) is 0 Å². The molecule has 0 rings (SSSR count). The molecule has 0 heterocycles. The first-order valence-corrected chi connectivity index (χ1v) is 2.31. The molecule has 0 saturated heterocycles. The molecule has 1 amide bonds. The van der Waals surface area contributed by atoms with E-state index in [1.807, 2.05) is 0 Å². The maximum atomic E-state index is 11.2. The van der Waals surface area contributed by atoms with Crippen molar-refractivity contribution in [3.8, 4) is 0 Å². The molecule has 0 aromatic carbocycles. The summed E-state index contributed by atoms with van der Waals surface area (Å²) in [5.41, 5.74) is 1.60. The summed E-state index contributed by atoms with van der Waals surface area (Å²) in [5.74, 6) is 4.56. The average molecular weight is 152 g/mol. The van der Waals surface area contributed by atoms with E-state index in [0.29, 0.717) is 6.08 Å². The number of hydrazine groups is 1. The molecular weight excluding hydrogens is 146 g/mol. The molecule has 0 fully saturated rings. The second-order valence-electron chi connectivity index (χ2n) is 1.24. The van der Waals surface area contributed by atoms with Crippen molar-refractivity contribution in [3.63, 3.8) is 0 Å². The fourth-order valence-electron chi connectivity index (χ4n) is 0.222. The molecule has 0 atom stereocenters. The predicted molar refractivity (Wildman–Crippen MR) is 29.0 cm³/mol. The third-order valence-corrected chi connectivity index (χ3v) is 0.570. The van der Waals surface area contributed by atoms with E-state index < -0.39 is 18.8 Å². The van der Waals surface area contributed by atoms with Crippen LogP contribution in [0, 0.1) is 0 Å². The van der Waals surface area contributed by atoms with Crippen molar-refractivity contribution < 1.29 is 18.3 Å². The molecule has 58 valence electrons. The number of carbonyl (C=O) groups excluding carboxylic acids is 1. The SMILES string of the molecule is NNC(=O)OCC=C(F)F. The summed E-state index contributed by atoms with van der Waals surface area (Å²) in [6.45, 7) is -0.481. The molecule has 6 heteroatoms. The van der Waals surface area contributed by atoms with E-state index >= 15 is 0 Å². The lowest BCUT2D eigenvalue weighted by Gasteiger charge is -1.97. The maximum Gasteiger partial charge on any atom is 0.421 e. The quantitative estimate of drug-likeness (QED) is 0.341. The van der Waals surface area contributed by atoms with Crippen LogP contribution in [-0.2, 0) is 4.74 Å². The van der Waals surface area contributed by atoms with Gasteiger partial charge in [-0.25, -0.2) is 10.6 Å². The number of rotatable bonds is 2. The van der Waals surface area contributed by atoms with Crippen LogP contribution in [0.3, 0.4) is 0 Å². The molecule has 0 aliphatic heterocycles. The summed E-state index contributed by atoms with van der Waals surface area (Å²) in [6.07, 6.45) is -2.39. The molecule has 0 aliphatic rings. The lowest BCUT2D eigenvalue weighted by atomic mass is 10.7. The highest BCUT2D eigenvalue weighted by atomic mass is 19.3. The first-order valence-electron chi connectivity index (χ1n) is 2.31. The van der Waals surface area contributed by atoms with Crippen molar-refractivity contribution in [2.24, 2.45) is 5.84 Å². The monoisotopic (exact) mass is 152 g/mol. The number of hydrogen-bond donors (Lipinski definition) is 2. The zero-order chi connectivity index (χ0) is 7.98. The number of nitrogens with one attached hydrogen (secondary N) is 1. The summed E-state index contributed by atoms with van der Waals surface area (Å²) in [6, 6.07) is 0. The van der Waals surface area contributed by atoms with Crippen LogP contribution in [-0.4, -0.2) is 12.7 Å². The van der Waals surface area contributed by atoms with E-state index in [2.05, 4.69) is 10.6 Å². The van der Waals surface area contributed by atoms with Gasteiger partial charge in [0.2, 0.25) is 0 Å². The van der Waals surface area contributed by atoms with Gasteiger partial charge in [-0.2, -0.15) is 8.78 Å². The van der Waals surface area contributed by atoms with E-state index in [1.54, 1.807) is 5.43 Å². The fraction of sp³-hybridized carbons (Fsp3) is 0.250. The van der Waals surface area contributed by atoms with Gasteiger partial charge in [0.15, 0.2) is 0 Å². The van der Waals surface area contributed by atoms with Crippen molar-refractivity contribution in [1.82, 2.24) is 5.43 Å². The van der Waals surface area contributed by atoms with Gasteiger partial charge in [0.05, 0.1) is 0 Å². The first-order chi connectivity index (χ1) is 4.66. The molecule has 10 heavy (non-hydrogen) atoms. The van der Waals surface area contributed by atoms with Gasteiger partial charge in [0.1, 0.15) is 6.61 Å². The minimum atomic E-state index is -1.90. The molecule has 0 spiro atoms. The average Bonchev–Trinajstić information content (AvgIpc) is 1.87. The van der Waals surface area contributed by atoms with Gasteiger partial charge < -0.3 is 4.74 Å². The molecule has 0 bridgehead atoms. The van der Waals surface area contributed by atoms with Crippen LogP contribution in [0.1, 0.15) is 0 Å². The van der Waals surface area contributed by atoms with E-state index in [-0.39, 0.29) is 0 Å². The van der Waals surface area contributed by atoms with E-state index in [0.717, 1.165) is 0 Å². The smallest absolute Gasteiger partial charge is 0.421 e. The lowest BCUT2D eigenvalue weighted by Crippen LogP contribution is -2.30. The maximum absolute atomic E-state index is 11.2. The summed E-state index contributed by atoms with van der Waals surface area (Å²) in [5, 5.41) is 0. The third kappa shape index (κ3) is 4.98. The lowest BCUT2D eigenvalue weighted by molar-refractivity contribution is 0.157. The zero-order valence-electron chi connectivity index (χ0n) is 4.93. The second kappa shape index (κ2) is 4.68. The van der Waals surface area contributed by atoms with Crippen molar-refractivity contribution in [3.05, 3.63) is 12.2 Å². The van der Waals surface area contributed by atoms with Crippen LogP contribution in [0.25, 0.3) is 0 Å². The molecule has 0 aliphatic carbocycles. The van der Waals surface area contributed by atoms with Gasteiger partial charge in [-0.05, 0) is 0 Å². The van der Waals surface area contributed by atoms with Crippen molar-refractivity contribution >= 4 is 6.09 Å². The third-order valence-electron chi connectivity index (χ3n) is 0.570. The Morgan fingerprint density at radius 1 is 1.70 bits per heavy atom. The van der Waals surface area contributed by atoms with Crippen molar-refractivity contribution in [2.45, 2.75) is 0 Å². The fourth-order valence-corrected chi connectivity index (χ4v) is 0.222. The Bertz CT molecular complexity index is 144. The number of carbonyl (C=O) groups is 1. The molecule has 0 unspecified atom stereocenters. The second-order valence-corrected chi connectivity index (χ2v) is 1.24. The van der Waals surface area contributed by atoms with E-state index in [1.165, 1.54) is 0 Å². The summed E-state index contributed by atoms with van der Waals surface area (Å²) < 4.78 is 26.5. The summed E-state index contributed by atoms with van der Waals surface area (Å²) in [7, 11) is 0. The first kappa shape index (κ1) is 8.83. The van der Waals surface area contributed by atoms with Crippen LogP contribution in [0.5, 0.6) is 0 Å². The Morgan fingerprint density at radius 3 is 2.70 bits per heavy atom. The summed E-state index contributed by atoms with van der Waals surface area (Å²) >= 11 is 0. The van der Waals surface area contributed by atoms with Gasteiger partial charge in [-0.1, -0.05) is 0 Å². The van der Waals surface area contributed by atoms with Gasteiger partial charge in [-0.15, -0.1) is 0 Å². The standard InChI is InChI=1S/C4H6F2N2O2/c5-3(6)1-2-10-4(9)8-7/h1H,2,7H2,(H,8,9). The minimum absolute atomic E-state index is 0.454. The summed E-state index contributed by atoms with van der Waals surface area (Å²) in [4.78, 5) is 10.1. The Balaban J connectivity index is 3.37. The highest BCUT2D eigenvalue weighted by molar-refractivity contribution is 5.66. The molecule has 4 nitrogen and oxygen atoms in total. The number of hydrogen-bond acceptors (Lipinski definition) is 3. The van der Waals surface area contributed by atoms with Crippen molar-refractivity contribution in [2.75, 3.05) is 6.61 Å². The van der Waals surface area contributed by atoms with Gasteiger partial charge in [0, 0.05) is 6.08 Å². The largest absolute Gasteiger partial charge is 0.444 e. The van der Waals surface area contributed by atoms with Gasteiger partial charge in [-0.3, -0.25) is 5.43 Å². The number of nitrogens with two attached hydrogens (primary N) is 1. The van der Waals surface area contributed by atoms with Crippen LogP contribution < -0.4 is 11.3 Å². The van der Waals surface area contributed by atoms with Crippen LogP contribution in [0.15, 0.2) is 12.2 Å². The number of amides is 1. The highest BCUT2D eigenvalue weighted by Gasteiger charge is 1.95. The normalized spacial score (nSPS) is 8.30.